The van der Waals surface area contributed by atoms with Gasteiger partial charge in [-0.1, -0.05) is 50.2 Å². The van der Waals surface area contributed by atoms with Crippen molar-refractivity contribution in [3.8, 4) is 0 Å². The van der Waals surface area contributed by atoms with Crippen LogP contribution >= 0.6 is 0 Å². The molecule has 0 spiro atoms. The molecular formula is C18H25N3O. The predicted octanol–water partition coefficient (Wildman–Crippen LogP) is 3.88. The molecule has 0 N–H and O–H groups in total. The van der Waals surface area contributed by atoms with Crippen LogP contribution in [0.1, 0.15) is 62.5 Å². The second kappa shape index (κ2) is 5.84. The Bertz CT molecular complexity index is 642. The normalized spacial score (nSPS) is 18.5. The van der Waals surface area contributed by atoms with Gasteiger partial charge in [0, 0.05) is 11.5 Å². The maximum atomic E-state index is 5.40. The summed E-state index contributed by atoms with van der Waals surface area (Å²) in [5.74, 6) is 1.48. The highest BCUT2D eigenvalue weighted by Crippen LogP contribution is 2.34. The van der Waals surface area contributed by atoms with E-state index in [9.17, 15) is 0 Å². The monoisotopic (exact) mass is 299 g/mol. The Kier molecular flexibility index (Phi) is 4.04. The summed E-state index contributed by atoms with van der Waals surface area (Å²) in [5.41, 5.74) is 2.84. The minimum atomic E-state index is -0.0960. The number of hydrogen-bond acceptors (Lipinski definition) is 4. The zero-order valence-electron chi connectivity index (χ0n) is 14.0. The van der Waals surface area contributed by atoms with E-state index < -0.39 is 0 Å². The van der Waals surface area contributed by atoms with Crippen molar-refractivity contribution in [2.24, 2.45) is 0 Å². The van der Waals surface area contributed by atoms with Crippen molar-refractivity contribution >= 4 is 0 Å². The third kappa shape index (κ3) is 3.07. The number of benzene rings is 1. The summed E-state index contributed by atoms with van der Waals surface area (Å²) >= 11 is 0. The first-order valence-electron chi connectivity index (χ1n) is 8.06. The van der Waals surface area contributed by atoms with E-state index in [-0.39, 0.29) is 5.41 Å². The van der Waals surface area contributed by atoms with Gasteiger partial charge in [0.05, 0.1) is 6.54 Å². The fraction of sp³-hybridized carbons (Fsp3) is 0.556. The van der Waals surface area contributed by atoms with Crippen molar-refractivity contribution in [1.82, 2.24) is 15.0 Å². The van der Waals surface area contributed by atoms with Crippen molar-refractivity contribution in [3.05, 3.63) is 47.1 Å². The van der Waals surface area contributed by atoms with Crippen LogP contribution in [0.25, 0.3) is 0 Å². The van der Waals surface area contributed by atoms with Crippen molar-refractivity contribution in [3.63, 3.8) is 0 Å². The van der Waals surface area contributed by atoms with Crippen LogP contribution in [-0.4, -0.2) is 22.1 Å². The molecule has 0 fully saturated rings. The largest absolute Gasteiger partial charge is 0.339 e. The highest BCUT2D eigenvalue weighted by Gasteiger charge is 2.26. The molecule has 22 heavy (non-hydrogen) atoms. The van der Waals surface area contributed by atoms with E-state index in [1.54, 1.807) is 0 Å². The lowest BCUT2D eigenvalue weighted by Gasteiger charge is -2.32. The molecule has 1 atom stereocenters. The molecule has 118 valence electrons. The van der Waals surface area contributed by atoms with E-state index in [0.29, 0.717) is 11.9 Å². The molecule has 0 amide bonds. The molecule has 1 aliphatic carbocycles. The summed E-state index contributed by atoms with van der Waals surface area (Å²) in [7, 11) is 2.15. The summed E-state index contributed by atoms with van der Waals surface area (Å²) < 4.78 is 5.40. The van der Waals surface area contributed by atoms with Crippen molar-refractivity contribution in [1.29, 1.82) is 0 Å². The fourth-order valence-electron chi connectivity index (χ4n) is 3.14. The average molecular weight is 299 g/mol. The minimum Gasteiger partial charge on any atom is -0.339 e. The van der Waals surface area contributed by atoms with Gasteiger partial charge in [0.15, 0.2) is 5.82 Å². The Morgan fingerprint density at radius 3 is 2.77 bits per heavy atom. The molecule has 1 aromatic heterocycles. The summed E-state index contributed by atoms with van der Waals surface area (Å²) in [5, 5.41) is 4.15. The Morgan fingerprint density at radius 1 is 1.27 bits per heavy atom. The molecule has 2 aromatic rings. The standard InChI is InChI=1S/C18H25N3O/c1-18(2,3)17-19-16(20-22-17)12-21(4)15-11-7-9-13-8-5-6-10-14(13)15/h5-6,8,10,15H,7,9,11-12H2,1-4H3/t15-/m0/s1. The van der Waals surface area contributed by atoms with Gasteiger partial charge in [0.25, 0.3) is 0 Å². The Morgan fingerprint density at radius 2 is 2.05 bits per heavy atom. The lowest BCUT2D eigenvalue weighted by molar-refractivity contribution is 0.205. The molecule has 4 heteroatoms. The van der Waals surface area contributed by atoms with E-state index in [1.165, 1.54) is 30.4 Å². The molecule has 4 nitrogen and oxygen atoms in total. The van der Waals surface area contributed by atoms with Gasteiger partial charge in [0.1, 0.15) is 0 Å². The van der Waals surface area contributed by atoms with Gasteiger partial charge in [-0.15, -0.1) is 0 Å². The maximum Gasteiger partial charge on any atom is 0.232 e. The highest BCUT2D eigenvalue weighted by molar-refractivity contribution is 5.32. The van der Waals surface area contributed by atoms with E-state index in [2.05, 4.69) is 67.1 Å². The van der Waals surface area contributed by atoms with Crippen molar-refractivity contribution < 1.29 is 4.52 Å². The van der Waals surface area contributed by atoms with Gasteiger partial charge in [-0.2, -0.15) is 4.98 Å². The predicted molar refractivity (Wildman–Crippen MR) is 86.6 cm³/mol. The molecular weight excluding hydrogens is 274 g/mol. The van der Waals surface area contributed by atoms with Gasteiger partial charge in [-0.25, -0.2) is 0 Å². The molecule has 1 heterocycles. The van der Waals surface area contributed by atoms with Crippen LogP contribution in [0.2, 0.25) is 0 Å². The molecule has 0 radical (unpaired) electrons. The molecule has 0 saturated heterocycles. The lowest BCUT2D eigenvalue weighted by Crippen LogP contribution is -2.28. The smallest absolute Gasteiger partial charge is 0.232 e. The molecule has 0 unspecified atom stereocenters. The van der Waals surface area contributed by atoms with Crippen LogP contribution in [0.5, 0.6) is 0 Å². The summed E-state index contributed by atoms with van der Waals surface area (Å²) in [4.78, 5) is 6.90. The first-order valence-corrected chi connectivity index (χ1v) is 8.06. The van der Waals surface area contributed by atoms with Gasteiger partial charge in [-0.05, 0) is 37.4 Å². The SMILES string of the molecule is CN(Cc1noc(C(C)(C)C)n1)[C@H]1CCCc2ccccc21. The number of hydrogen-bond donors (Lipinski definition) is 0. The first-order chi connectivity index (χ1) is 10.4. The third-order valence-electron chi connectivity index (χ3n) is 4.37. The van der Waals surface area contributed by atoms with Crippen molar-refractivity contribution in [2.75, 3.05) is 7.05 Å². The first kappa shape index (κ1) is 15.2. The lowest BCUT2D eigenvalue weighted by atomic mass is 9.87. The quantitative estimate of drug-likeness (QED) is 0.862. The summed E-state index contributed by atoms with van der Waals surface area (Å²) in [6.45, 7) is 6.99. The van der Waals surface area contributed by atoms with E-state index in [0.717, 1.165) is 12.4 Å². The number of aromatic nitrogens is 2. The van der Waals surface area contributed by atoms with Crippen LogP contribution in [-0.2, 0) is 18.4 Å². The summed E-state index contributed by atoms with van der Waals surface area (Å²) in [6.07, 6.45) is 3.62. The molecule has 0 bridgehead atoms. The fourth-order valence-corrected chi connectivity index (χ4v) is 3.14. The third-order valence-corrected chi connectivity index (χ3v) is 4.37. The summed E-state index contributed by atoms with van der Waals surface area (Å²) in [6, 6.07) is 9.22. The number of aryl methyl sites for hydroxylation is 1. The van der Waals surface area contributed by atoms with E-state index in [4.69, 9.17) is 4.52 Å². The van der Waals surface area contributed by atoms with Crippen LogP contribution in [0.15, 0.2) is 28.8 Å². The highest BCUT2D eigenvalue weighted by atomic mass is 16.5. The minimum absolute atomic E-state index is 0.0960. The van der Waals surface area contributed by atoms with Crippen LogP contribution in [0.3, 0.4) is 0 Å². The van der Waals surface area contributed by atoms with E-state index in [1.807, 2.05) is 0 Å². The second-order valence-corrected chi connectivity index (χ2v) is 7.29. The van der Waals surface area contributed by atoms with Crippen LogP contribution < -0.4 is 0 Å². The molecule has 0 aliphatic heterocycles. The Hall–Kier alpha value is -1.68. The molecule has 0 saturated carbocycles. The number of rotatable bonds is 3. The average Bonchev–Trinajstić information content (AvgIpc) is 2.95. The number of fused-ring (bicyclic) bond motifs is 1. The number of nitrogens with zero attached hydrogens (tertiary/aromatic N) is 3. The van der Waals surface area contributed by atoms with Crippen molar-refractivity contribution in [2.45, 2.75) is 58.0 Å². The second-order valence-electron chi connectivity index (χ2n) is 7.29. The zero-order valence-corrected chi connectivity index (χ0v) is 14.0. The Labute approximate surface area is 132 Å². The Balaban J connectivity index is 1.75. The molecule has 1 aromatic carbocycles. The van der Waals surface area contributed by atoms with Crippen LogP contribution in [0, 0.1) is 0 Å². The van der Waals surface area contributed by atoms with E-state index >= 15 is 0 Å². The van der Waals surface area contributed by atoms with Gasteiger partial charge < -0.3 is 4.52 Å². The molecule has 3 rings (SSSR count). The molecule has 1 aliphatic rings. The zero-order chi connectivity index (χ0) is 15.7. The van der Waals surface area contributed by atoms with Gasteiger partial charge >= 0.3 is 0 Å². The topological polar surface area (TPSA) is 42.2 Å². The van der Waals surface area contributed by atoms with Crippen LogP contribution in [0.4, 0.5) is 0 Å². The van der Waals surface area contributed by atoms with Gasteiger partial charge in [0.2, 0.25) is 5.89 Å². The maximum absolute atomic E-state index is 5.40. The van der Waals surface area contributed by atoms with Gasteiger partial charge in [-0.3, -0.25) is 4.90 Å².